The van der Waals surface area contributed by atoms with Crippen LogP contribution in [0.25, 0.3) is 11.3 Å². The number of aromatic nitrogens is 2. The van der Waals surface area contributed by atoms with Crippen molar-refractivity contribution in [1.82, 2.24) is 15.3 Å². The van der Waals surface area contributed by atoms with Crippen molar-refractivity contribution < 1.29 is 28.2 Å². The summed E-state index contributed by atoms with van der Waals surface area (Å²) in [5.41, 5.74) is 11.7. The summed E-state index contributed by atoms with van der Waals surface area (Å²) in [6, 6.07) is 6.52. The molecule has 0 saturated heterocycles. The Balaban J connectivity index is 1.37. The van der Waals surface area contributed by atoms with Gasteiger partial charge in [-0.25, -0.2) is 14.4 Å². The standard InChI is InChI=1S/C31H33ClF2N6O4/c1-30(29(36)42)14-44-26-19(30)11-21(40-25(26)18-5-8-37-27(33)23(18)32)20(31(34)6-7-31)13-39-28(41)15-9-16(12-38-17-3-4-17)24(35)22(10-15)43-2/h5,8-12,17,20,29,42H,3-4,6-7,13-14,35-36H2,1-2H3,(H,39,41)/t20-,29-,30+/m1/s1. The molecule has 0 unspecified atom stereocenters. The van der Waals surface area contributed by atoms with Gasteiger partial charge in [-0.05, 0) is 56.9 Å². The molecule has 6 N–H and O–H groups in total. The molecule has 2 fully saturated rings. The molecule has 3 aliphatic rings. The highest BCUT2D eigenvalue weighted by molar-refractivity contribution is 6.33. The lowest BCUT2D eigenvalue weighted by Gasteiger charge is -2.27. The minimum atomic E-state index is -1.66. The van der Waals surface area contributed by atoms with Crippen LogP contribution in [0, 0.1) is 5.95 Å². The maximum Gasteiger partial charge on any atom is 0.251 e. The second-order valence-electron chi connectivity index (χ2n) is 11.9. The van der Waals surface area contributed by atoms with Crippen molar-refractivity contribution in [3.05, 3.63) is 63.8 Å². The number of benzene rings is 1. The van der Waals surface area contributed by atoms with Gasteiger partial charge in [0.2, 0.25) is 5.95 Å². The van der Waals surface area contributed by atoms with Crippen molar-refractivity contribution in [2.45, 2.75) is 61.9 Å². The first-order valence-electron chi connectivity index (χ1n) is 14.3. The molecule has 3 aromatic rings. The van der Waals surface area contributed by atoms with Gasteiger partial charge >= 0.3 is 0 Å². The summed E-state index contributed by atoms with van der Waals surface area (Å²) in [6.45, 7) is 1.61. The number of carbonyl (C=O) groups is 1. The number of carbonyl (C=O) groups excluding carboxylic acids is 1. The fourth-order valence-corrected chi connectivity index (χ4v) is 5.61. The highest BCUT2D eigenvalue weighted by atomic mass is 35.5. The number of amides is 1. The molecule has 3 atom stereocenters. The number of halogens is 3. The highest BCUT2D eigenvalue weighted by Crippen LogP contribution is 2.53. The van der Waals surface area contributed by atoms with Crippen LogP contribution in [-0.2, 0) is 5.41 Å². The number of nitrogens with two attached hydrogens (primary N) is 2. The molecule has 2 aliphatic carbocycles. The van der Waals surface area contributed by atoms with Crippen molar-refractivity contribution in [2.24, 2.45) is 10.7 Å². The van der Waals surface area contributed by atoms with Gasteiger partial charge in [0.25, 0.3) is 5.91 Å². The van der Waals surface area contributed by atoms with Crippen molar-refractivity contribution in [3.8, 4) is 22.8 Å². The van der Waals surface area contributed by atoms with E-state index in [0.29, 0.717) is 22.6 Å². The number of nitrogens with one attached hydrogen (secondary N) is 1. The van der Waals surface area contributed by atoms with E-state index in [0.717, 1.165) is 12.8 Å². The van der Waals surface area contributed by atoms with E-state index in [9.17, 15) is 14.3 Å². The monoisotopic (exact) mass is 626 g/mol. The number of alkyl halides is 1. The van der Waals surface area contributed by atoms with Crippen LogP contribution in [0.3, 0.4) is 0 Å². The summed E-state index contributed by atoms with van der Waals surface area (Å²) >= 11 is 6.29. The third-order valence-electron chi connectivity index (χ3n) is 8.68. The van der Waals surface area contributed by atoms with Crippen molar-refractivity contribution >= 4 is 29.4 Å². The molecule has 13 heteroatoms. The molecular weight excluding hydrogens is 594 g/mol. The topological polar surface area (TPSA) is 158 Å². The Labute approximate surface area is 257 Å². The van der Waals surface area contributed by atoms with E-state index in [2.05, 4.69) is 15.3 Å². The van der Waals surface area contributed by atoms with Gasteiger partial charge in [-0.1, -0.05) is 11.6 Å². The van der Waals surface area contributed by atoms with Crippen LogP contribution in [0.1, 0.15) is 65.7 Å². The quantitative estimate of drug-likeness (QED) is 0.114. The lowest BCUT2D eigenvalue weighted by atomic mass is 9.81. The summed E-state index contributed by atoms with van der Waals surface area (Å²) < 4.78 is 41.8. The van der Waals surface area contributed by atoms with Crippen LogP contribution in [0.15, 0.2) is 35.5 Å². The molecule has 0 radical (unpaired) electrons. The van der Waals surface area contributed by atoms with Crippen LogP contribution in [-0.4, -0.2) is 65.4 Å². The second-order valence-corrected chi connectivity index (χ2v) is 12.3. The number of hydrogen-bond donors (Lipinski definition) is 4. The van der Waals surface area contributed by atoms with Gasteiger partial charge in [0, 0.05) is 46.9 Å². The fourth-order valence-electron chi connectivity index (χ4n) is 5.41. The molecule has 44 heavy (non-hydrogen) atoms. The molecule has 10 nitrogen and oxygen atoms in total. The Morgan fingerprint density at radius 2 is 2.11 bits per heavy atom. The normalized spacial score (nSPS) is 21.4. The first-order chi connectivity index (χ1) is 20.9. The van der Waals surface area contributed by atoms with Gasteiger partial charge in [-0.2, -0.15) is 4.39 Å². The van der Waals surface area contributed by atoms with Gasteiger partial charge < -0.3 is 31.4 Å². The summed E-state index contributed by atoms with van der Waals surface area (Å²) in [6.07, 6.45) is 4.10. The maximum atomic E-state index is 16.1. The summed E-state index contributed by atoms with van der Waals surface area (Å²) in [5, 5.41) is 13.1. The fraction of sp³-hybridized carbons (Fsp3) is 0.419. The van der Waals surface area contributed by atoms with Crippen LogP contribution < -0.4 is 26.3 Å². The number of rotatable bonds is 10. The third kappa shape index (κ3) is 5.46. The van der Waals surface area contributed by atoms with Gasteiger partial charge in [-0.3, -0.25) is 9.79 Å². The average Bonchev–Trinajstić information content (AvgIpc) is 3.94. The van der Waals surface area contributed by atoms with Crippen molar-refractivity contribution in [2.75, 3.05) is 26.0 Å². The molecule has 2 saturated carbocycles. The number of hydrogen-bond acceptors (Lipinski definition) is 9. The van der Waals surface area contributed by atoms with Crippen molar-refractivity contribution in [1.29, 1.82) is 0 Å². The van der Waals surface area contributed by atoms with E-state index >= 15 is 4.39 Å². The Morgan fingerprint density at radius 3 is 2.77 bits per heavy atom. The first kappa shape index (κ1) is 30.2. The number of nitrogen functional groups attached to an aromatic ring is 1. The van der Waals surface area contributed by atoms with Gasteiger partial charge in [0.15, 0.2) is 0 Å². The molecule has 2 aromatic heterocycles. The SMILES string of the molecule is COc1cc(C(=O)NC[C@H](c2cc3c(c(-c4ccnc(F)c4Cl)n2)OC[C@]3(C)[C@H](N)O)C2(F)CC2)cc(C=NC2CC2)c1N. The molecule has 0 spiro atoms. The number of nitrogens with zero attached hydrogens (tertiary/aromatic N) is 3. The lowest BCUT2D eigenvalue weighted by Crippen LogP contribution is -2.44. The smallest absolute Gasteiger partial charge is 0.251 e. The maximum absolute atomic E-state index is 16.1. The number of fused-ring (bicyclic) bond motifs is 1. The summed E-state index contributed by atoms with van der Waals surface area (Å²) in [4.78, 5) is 26.2. The highest BCUT2D eigenvalue weighted by Gasteiger charge is 2.53. The number of methoxy groups -OCH3 is 1. The van der Waals surface area contributed by atoms with Crippen LogP contribution in [0.5, 0.6) is 11.5 Å². The molecule has 0 bridgehead atoms. The zero-order valence-corrected chi connectivity index (χ0v) is 25.0. The number of ether oxygens (including phenoxy) is 2. The molecule has 232 valence electrons. The lowest BCUT2D eigenvalue weighted by molar-refractivity contribution is 0.0798. The largest absolute Gasteiger partial charge is 0.495 e. The van der Waals surface area contributed by atoms with Gasteiger partial charge in [-0.15, -0.1) is 0 Å². The van der Waals surface area contributed by atoms with Gasteiger partial charge in [0.05, 0.1) is 30.2 Å². The first-order valence-corrected chi connectivity index (χ1v) is 14.7. The Hall–Kier alpha value is -3.87. The number of aliphatic hydroxyl groups is 1. The van der Waals surface area contributed by atoms with E-state index in [1.165, 1.54) is 25.4 Å². The van der Waals surface area contributed by atoms with Crippen LogP contribution in [0.4, 0.5) is 14.5 Å². The van der Waals surface area contributed by atoms with Gasteiger partial charge in [0.1, 0.15) is 40.7 Å². The Morgan fingerprint density at radius 1 is 1.36 bits per heavy atom. The minimum absolute atomic E-state index is 0.0108. The molecule has 1 aromatic carbocycles. The number of aliphatic imine (C=N–C) groups is 1. The molecule has 6 rings (SSSR count). The predicted molar refractivity (Wildman–Crippen MR) is 162 cm³/mol. The zero-order valence-electron chi connectivity index (χ0n) is 24.2. The van der Waals surface area contributed by atoms with E-state index in [1.807, 2.05) is 0 Å². The number of pyridine rings is 2. The van der Waals surface area contributed by atoms with Crippen LogP contribution in [0.2, 0.25) is 5.02 Å². The predicted octanol–water partition coefficient (Wildman–Crippen LogP) is 4.05. The molecule has 1 aliphatic heterocycles. The summed E-state index contributed by atoms with van der Waals surface area (Å²) in [5.74, 6) is -1.69. The Bertz CT molecular complexity index is 1660. The minimum Gasteiger partial charge on any atom is -0.495 e. The summed E-state index contributed by atoms with van der Waals surface area (Å²) in [7, 11) is 1.46. The number of anilines is 1. The van der Waals surface area contributed by atoms with E-state index in [1.54, 1.807) is 25.3 Å². The molecule has 1 amide bonds. The second kappa shape index (κ2) is 11.2. The molecule has 3 heterocycles. The molecular formula is C31H33ClF2N6O4. The zero-order chi connectivity index (χ0) is 31.4. The average molecular weight is 627 g/mol. The third-order valence-corrected chi connectivity index (χ3v) is 9.04. The van der Waals surface area contributed by atoms with Crippen LogP contribution >= 0.6 is 11.6 Å². The van der Waals surface area contributed by atoms with E-state index in [-0.39, 0.29) is 65.3 Å². The number of aliphatic hydroxyl groups excluding tert-OH is 1. The Kier molecular flexibility index (Phi) is 7.71. The van der Waals surface area contributed by atoms with E-state index in [4.69, 9.17) is 37.5 Å². The van der Waals surface area contributed by atoms with Crippen molar-refractivity contribution in [3.63, 3.8) is 0 Å². The van der Waals surface area contributed by atoms with E-state index < -0.39 is 35.1 Å².